The first-order valence-corrected chi connectivity index (χ1v) is 11.1. The molecular formula is C20H21BrN4O3S. The molecule has 29 heavy (non-hydrogen) atoms. The molecule has 2 aromatic heterocycles. The summed E-state index contributed by atoms with van der Waals surface area (Å²) in [7, 11) is 0. The smallest absolute Gasteiger partial charge is 0.274 e. The van der Waals surface area contributed by atoms with E-state index in [1.54, 1.807) is 35.0 Å². The van der Waals surface area contributed by atoms with E-state index in [9.17, 15) is 14.4 Å². The lowest BCUT2D eigenvalue weighted by atomic mass is 10.2. The van der Waals surface area contributed by atoms with Gasteiger partial charge >= 0.3 is 0 Å². The fraction of sp³-hybridized carbons (Fsp3) is 0.300. The van der Waals surface area contributed by atoms with Gasteiger partial charge in [-0.15, -0.1) is 0 Å². The first kappa shape index (κ1) is 21.3. The van der Waals surface area contributed by atoms with Crippen molar-refractivity contribution < 1.29 is 9.59 Å². The van der Waals surface area contributed by atoms with Gasteiger partial charge in [-0.3, -0.25) is 24.3 Å². The molecule has 0 aliphatic carbocycles. The predicted molar refractivity (Wildman–Crippen MR) is 117 cm³/mol. The van der Waals surface area contributed by atoms with Crippen LogP contribution in [-0.2, 0) is 11.3 Å². The van der Waals surface area contributed by atoms with Gasteiger partial charge in [0.15, 0.2) is 5.16 Å². The van der Waals surface area contributed by atoms with Crippen molar-refractivity contribution in [2.75, 3.05) is 5.75 Å². The highest BCUT2D eigenvalue weighted by atomic mass is 79.9. The van der Waals surface area contributed by atoms with Crippen molar-refractivity contribution in [3.05, 3.63) is 57.0 Å². The Kier molecular flexibility index (Phi) is 7.27. The number of carbonyl (C=O) groups is 2. The van der Waals surface area contributed by atoms with Crippen LogP contribution in [0.25, 0.3) is 10.9 Å². The van der Waals surface area contributed by atoms with Crippen LogP contribution in [0, 0.1) is 0 Å². The van der Waals surface area contributed by atoms with E-state index in [1.807, 2.05) is 6.07 Å². The highest BCUT2D eigenvalue weighted by molar-refractivity contribution is 9.10. The molecule has 3 rings (SSSR count). The minimum Gasteiger partial charge on any atom is -0.357 e. The highest BCUT2D eigenvalue weighted by Crippen LogP contribution is 2.21. The number of thioether (sulfide) groups is 1. The molecule has 2 amide bonds. The minimum absolute atomic E-state index is 0.0191. The summed E-state index contributed by atoms with van der Waals surface area (Å²) in [5.41, 5.74) is 0.766. The van der Waals surface area contributed by atoms with Crippen LogP contribution in [0.5, 0.6) is 0 Å². The van der Waals surface area contributed by atoms with E-state index in [2.05, 4.69) is 38.1 Å². The Bertz CT molecular complexity index is 1080. The van der Waals surface area contributed by atoms with Crippen LogP contribution in [-0.4, -0.2) is 32.1 Å². The van der Waals surface area contributed by atoms with Crippen LogP contribution in [0.3, 0.4) is 0 Å². The van der Waals surface area contributed by atoms with Crippen molar-refractivity contribution in [2.45, 2.75) is 37.9 Å². The molecule has 0 radical (unpaired) electrons. The number of carbonyl (C=O) groups excluding carboxylic acids is 2. The van der Waals surface area contributed by atoms with E-state index in [4.69, 9.17) is 0 Å². The summed E-state index contributed by atoms with van der Waals surface area (Å²) < 4.78 is 2.43. The molecule has 9 heteroatoms. The fourth-order valence-corrected chi connectivity index (χ4v) is 4.02. The first-order chi connectivity index (χ1) is 14.0. The van der Waals surface area contributed by atoms with Gasteiger partial charge in [0.25, 0.3) is 11.5 Å². The van der Waals surface area contributed by atoms with Gasteiger partial charge in [-0.25, -0.2) is 4.98 Å². The quantitative estimate of drug-likeness (QED) is 0.293. The Hall–Kier alpha value is -2.39. The summed E-state index contributed by atoms with van der Waals surface area (Å²) in [4.78, 5) is 44.5. The highest BCUT2D eigenvalue weighted by Gasteiger charge is 2.15. The average molecular weight is 477 g/mol. The number of halogens is 1. The number of hydrogen-bond acceptors (Lipinski definition) is 5. The van der Waals surface area contributed by atoms with Gasteiger partial charge in [0, 0.05) is 17.2 Å². The lowest BCUT2D eigenvalue weighted by Gasteiger charge is -2.13. The third-order valence-corrected chi connectivity index (χ3v) is 5.76. The number of amides is 2. The number of H-pyrrole nitrogens is 1. The van der Waals surface area contributed by atoms with Crippen LogP contribution in [0.15, 0.2) is 51.0 Å². The Labute approximate surface area is 180 Å². The maximum Gasteiger partial charge on any atom is 0.274 e. The zero-order valence-corrected chi connectivity index (χ0v) is 18.3. The zero-order valence-electron chi connectivity index (χ0n) is 15.9. The average Bonchev–Trinajstić information content (AvgIpc) is 3.24. The van der Waals surface area contributed by atoms with E-state index in [1.165, 1.54) is 0 Å². The molecule has 7 nitrogen and oxygen atoms in total. The van der Waals surface area contributed by atoms with Gasteiger partial charge in [0.05, 0.1) is 16.7 Å². The van der Waals surface area contributed by atoms with Crippen molar-refractivity contribution >= 4 is 50.4 Å². The standard InChI is InChI=1S/C20H21BrN4O3S/c1-2-3-4-10-25-19(28)14-11-13(21)7-8-15(14)23-20(25)29-12-17(26)24-18(27)16-6-5-9-22-16/h5-9,11,22H,2-4,10,12H2,1H3,(H,24,26,27). The summed E-state index contributed by atoms with van der Waals surface area (Å²) in [6.45, 7) is 2.63. The lowest BCUT2D eigenvalue weighted by molar-refractivity contribution is -0.117. The lowest BCUT2D eigenvalue weighted by Crippen LogP contribution is -2.32. The molecule has 152 valence electrons. The van der Waals surface area contributed by atoms with E-state index in [-0.39, 0.29) is 11.3 Å². The van der Waals surface area contributed by atoms with Crippen molar-refractivity contribution in [1.82, 2.24) is 19.9 Å². The molecular weight excluding hydrogens is 456 g/mol. The predicted octanol–water partition coefficient (Wildman–Crippen LogP) is 3.73. The molecule has 1 aromatic carbocycles. The second kappa shape index (κ2) is 9.89. The second-order valence-electron chi connectivity index (χ2n) is 6.47. The number of benzene rings is 1. The number of nitrogens with one attached hydrogen (secondary N) is 2. The minimum atomic E-state index is -0.489. The SMILES string of the molecule is CCCCCn1c(SCC(=O)NC(=O)c2ccc[nH]2)nc2ccc(Br)cc2c1=O. The molecule has 0 saturated carbocycles. The summed E-state index contributed by atoms with van der Waals surface area (Å²) in [5, 5.41) is 3.34. The maximum atomic E-state index is 13.0. The van der Waals surface area contributed by atoms with Crippen molar-refractivity contribution in [1.29, 1.82) is 0 Å². The van der Waals surface area contributed by atoms with Gasteiger partial charge in [0.1, 0.15) is 5.69 Å². The van der Waals surface area contributed by atoms with Crippen molar-refractivity contribution in [3.63, 3.8) is 0 Å². The molecule has 0 unspecified atom stereocenters. The van der Waals surface area contributed by atoms with E-state index in [0.29, 0.717) is 28.3 Å². The normalized spacial score (nSPS) is 11.0. The van der Waals surface area contributed by atoms with Gasteiger partial charge in [-0.2, -0.15) is 0 Å². The molecule has 2 N–H and O–H groups in total. The van der Waals surface area contributed by atoms with Crippen LogP contribution < -0.4 is 10.9 Å². The number of aromatic amines is 1. The number of hydrogen-bond donors (Lipinski definition) is 2. The number of imide groups is 1. The summed E-state index contributed by atoms with van der Waals surface area (Å²) in [6.07, 6.45) is 4.49. The number of unbranched alkanes of at least 4 members (excludes halogenated alkanes) is 2. The van der Waals surface area contributed by atoms with E-state index in [0.717, 1.165) is 35.5 Å². The third-order valence-electron chi connectivity index (χ3n) is 4.29. The van der Waals surface area contributed by atoms with Gasteiger partial charge < -0.3 is 4.98 Å². The molecule has 0 bridgehead atoms. The van der Waals surface area contributed by atoms with Crippen LogP contribution in [0.4, 0.5) is 0 Å². The zero-order chi connectivity index (χ0) is 20.8. The molecule has 0 aliphatic rings. The first-order valence-electron chi connectivity index (χ1n) is 9.30. The Morgan fingerprint density at radius 2 is 2.10 bits per heavy atom. The molecule has 0 atom stereocenters. The van der Waals surface area contributed by atoms with Crippen molar-refractivity contribution in [3.8, 4) is 0 Å². The monoisotopic (exact) mass is 476 g/mol. The number of rotatable bonds is 8. The van der Waals surface area contributed by atoms with Gasteiger partial charge in [0.2, 0.25) is 5.91 Å². The van der Waals surface area contributed by atoms with Crippen molar-refractivity contribution in [2.24, 2.45) is 0 Å². The van der Waals surface area contributed by atoms with E-state index >= 15 is 0 Å². The number of fused-ring (bicyclic) bond motifs is 1. The van der Waals surface area contributed by atoms with Crippen LogP contribution in [0.2, 0.25) is 0 Å². The molecule has 0 fully saturated rings. The maximum absolute atomic E-state index is 13.0. The Balaban J connectivity index is 1.80. The van der Waals surface area contributed by atoms with E-state index < -0.39 is 11.8 Å². The molecule has 0 spiro atoms. The second-order valence-corrected chi connectivity index (χ2v) is 8.33. The summed E-state index contributed by atoms with van der Waals surface area (Å²) in [5.74, 6) is -0.952. The largest absolute Gasteiger partial charge is 0.357 e. The van der Waals surface area contributed by atoms with Crippen LogP contribution in [0.1, 0.15) is 36.7 Å². The van der Waals surface area contributed by atoms with Gasteiger partial charge in [-0.05, 0) is 36.8 Å². The Morgan fingerprint density at radius 1 is 1.28 bits per heavy atom. The molecule has 3 aromatic rings. The summed E-state index contributed by atoms with van der Waals surface area (Å²) in [6, 6.07) is 8.63. The molecule has 2 heterocycles. The number of aromatic nitrogens is 3. The summed E-state index contributed by atoms with van der Waals surface area (Å²) >= 11 is 4.55. The Morgan fingerprint density at radius 3 is 2.83 bits per heavy atom. The van der Waals surface area contributed by atoms with Gasteiger partial charge in [-0.1, -0.05) is 47.5 Å². The molecule has 0 saturated heterocycles. The number of nitrogens with zero attached hydrogens (tertiary/aromatic N) is 2. The molecule has 0 aliphatic heterocycles. The topological polar surface area (TPSA) is 96.8 Å². The fourth-order valence-electron chi connectivity index (χ4n) is 2.83. The third kappa shape index (κ3) is 5.36. The van der Waals surface area contributed by atoms with Crippen LogP contribution >= 0.6 is 27.7 Å².